The molecule has 0 spiro atoms. The Kier molecular flexibility index (Phi) is 12.3. The van der Waals surface area contributed by atoms with E-state index in [1.54, 1.807) is 7.11 Å². The molecule has 6 heteroatoms. The number of carbonyl (C=O) groups is 1. The predicted molar refractivity (Wildman–Crippen MR) is 65.8 cm³/mol. The van der Waals surface area contributed by atoms with Crippen molar-refractivity contribution in [1.29, 1.82) is 0 Å². The lowest BCUT2D eigenvalue weighted by Gasteiger charge is -2.10. The van der Waals surface area contributed by atoms with Crippen molar-refractivity contribution in [3.8, 4) is 0 Å². The topological polar surface area (TPSA) is 74.2 Å². The van der Waals surface area contributed by atoms with E-state index in [4.69, 9.17) is 24.1 Å². The Morgan fingerprint density at radius 3 is 2.17 bits per heavy atom. The van der Waals surface area contributed by atoms with Gasteiger partial charge in [0.1, 0.15) is 0 Å². The zero-order chi connectivity index (χ0) is 13.6. The van der Waals surface area contributed by atoms with E-state index in [2.05, 4.69) is 0 Å². The van der Waals surface area contributed by atoms with Gasteiger partial charge < -0.3 is 24.1 Å². The van der Waals surface area contributed by atoms with Crippen molar-refractivity contribution in [2.45, 2.75) is 25.9 Å². The molecule has 18 heavy (non-hydrogen) atoms. The molecular formula is C12H24O6. The molecule has 108 valence electrons. The van der Waals surface area contributed by atoms with E-state index in [0.717, 1.165) is 0 Å². The van der Waals surface area contributed by atoms with E-state index in [1.807, 2.05) is 6.92 Å². The van der Waals surface area contributed by atoms with Crippen molar-refractivity contribution in [2.24, 2.45) is 0 Å². The van der Waals surface area contributed by atoms with Gasteiger partial charge in [0, 0.05) is 20.1 Å². The number of hydrogen-bond acceptors (Lipinski definition) is 5. The quantitative estimate of drug-likeness (QED) is 0.499. The summed E-state index contributed by atoms with van der Waals surface area (Å²) in [6.07, 6.45) is 0.780. The number of aliphatic carboxylic acids is 1. The number of carboxylic acid groups (broad SMARTS) is 1. The molecule has 0 fully saturated rings. The summed E-state index contributed by atoms with van der Waals surface area (Å²) in [5.74, 6) is -0.794. The smallest absolute Gasteiger partial charge is 0.303 e. The summed E-state index contributed by atoms with van der Waals surface area (Å²) >= 11 is 0. The fourth-order valence-corrected chi connectivity index (χ4v) is 1.08. The minimum absolute atomic E-state index is 0.0996. The normalized spacial score (nSPS) is 12.6. The molecule has 0 aliphatic carbocycles. The summed E-state index contributed by atoms with van der Waals surface area (Å²) in [5.41, 5.74) is 0. The number of rotatable bonds is 13. The van der Waals surface area contributed by atoms with Gasteiger partial charge >= 0.3 is 5.97 Å². The number of carboxylic acids is 1. The Labute approximate surface area is 108 Å². The van der Waals surface area contributed by atoms with Gasteiger partial charge in [0.15, 0.2) is 0 Å². The summed E-state index contributed by atoms with van der Waals surface area (Å²) < 4.78 is 20.8. The molecule has 0 saturated heterocycles. The molecule has 0 saturated carbocycles. The maximum absolute atomic E-state index is 10.2. The number of methoxy groups -OCH3 is 1. The first-order valence-electron chi connectivity index (χ1n) is 6.14. The zero-order valence-electron chi connectivity index (χ0n) is 11.2. The van der Waals surface area contributed by atoms with Crippen molar-refractivity contribution >= 4 is 5.97 Å². The molecular weight excluding hydrogens is 240 g/mol. The third-order valence-electron chi connectivity index (χ3n) is 2.18. The highest BCUT2D eigenvalue weighted by atomic mass is 16.6. The van der Waals surface area contributed by atoms with Crippen LogP contribution in [0.5, 0.6) is 0 Å². The van der Waals surface area contributed by atoms with Crippen LogP contribution in [0.3, 0.4) is 0 Å². The Hall–Kier alpha value is -0.690. The molecule has 0 aliphatic rings. The van der Waals surface area contributed by atoms with Gasteiger partial charge in [-0.2, -0.15) is 0 Å². The van der Waals surface area contributed by atoms with Crippen LogP contribution in [0.1, 0.15) is 19.8 Å². The van der Waals surface area contributed by atoms with Crippen molar-refractivity contribution in [2.75, 3.05) is 46.8 Å². The Morgan fingerprint density at radius 2 is 1.61 bits per heavy atom. The van der Waals surface area contributed by atoms with Crippen LogP contribution in [0.4, 0.5) is 0 Å². The van der Waals surface area contributed by atoms with Crippen LogP contribution in [0, 0.1) is 0 Å². The molecule has 0 amide bonds. The Morgan fingerprint density at radius 1 is 1.06 bits per heavy atom. The van der Waals surface area contributed by atoms with Gasteiger partial charge in [-0.25, -0.2) is 0 Å². The monoisotopic (exact) mass is 264 g/mol. The summed E-state index contributed by atoms with van der Waals surface area (Å²) in [4.78, 5) is 10.2. The maximum atomic E-state index is 10.2. The second kappa shape index (κ2) is 12.8. The van der Waals surface area contributed by atoms with Crippen molar-refractivity contribution in [3.63, 3.8) is 0 Å². The fraction of sp³-hybridized carbons (Fsp3) is 0.917. The first-order valence-corrected chi connectivity index (χ1v) is 6.14. The van der Waals surface area contributed by atoms with E-state index < -0.39 is 5.97 Å². The van der Waals surface area contributed by atoms with Gasteiger partial charge in [-0.1, -0.05) is 0 Å². The molecule has 0 aromatic rings. The minimum Gasteiger partial charge on any atom is -0.481 e. The standard InChI is InChI=1S/C12H24O6/c1-11(15-2)10-18-9-8-17-7-6-16-5-3-4-12(13)14/h11H,3-10H2,1-2H3,(H,13,14). The van der Waals surface area contributed by atoms with Crippen LogP contribution in [-0.4, -0.2) is 63.9 Å². The molecule has 0 aromatic carbocycles. The zero-order valence-corrected chi connectivity index (χ0v) is 11.2. The largest absolute Gasteiger partial charge is 0.481 e. The third kappa shape index (κ3) is 13.4. The van der Waals surface area contributed by atoms with E-state index in [1.165, 1.54) is 0 Å². The summed E-state index contributed by atoms with van der Waals surface area (Å²) in [6, 6.07) is 0. The highest BCUT2D eigenvalue weighted by Crippen LogP contribution is 1.91. The molecule has 0 radical (unpaired) electrons. The summed E-state index contributed by atoms with van der Waals surface area (Å²) in [7, 11) is 1.65. The van der Waals surface area contributed by atoms with Gasteiger partial charge in [-0.05, 0) is 13.3 Å². The average molecular weight is 264 g/mol. The lowest BCUT2D eigenvalue weighted by molar-refractivity contribution is -0.137. The van der Waals surface area contributed by atoms with Crippen LogP contribution in [0.15, 0.2) is 0 Å². The Bertz CT molecular complexity index is 197. The lowest BCUT2D eigenvalue weighted by Crippen LogP contribution is -2.16. The van der Waals surface area contributed by atoms with Crippen LogP contribution in [0.25, 0.3) is 0 Å². The van der Waals surface area contributed by atoms with Crippen LogP contribution < -0.4 is 0 Å². The number of ether oxygens (including phenoxy) is 4. The summed E-state index contributed by atoms with van der Waals surface area (Å²) in [5, 5.41) is 8.39. The van der Waals surface area contributed by atoms with Crippen molar-refractivity contribution in [3.05, 3.63) is 0 Å². The Balaban J connectivity index is 3.01. The highest BCUT2D eigenvalue weighted by molar-refractivity contribution is 5.66. The van der Waals surface area contributed by atoms with E-state index in [-0.39, 0.29) is 12.5 Å². The minimum atomic E-state index is -0.794. The fourth-order valence-electron chi connectivity index (χ4n) is 1.08. The summed E-state index contributed by atoms with van der Waals surface area (Å²) in [6.45, 7) is 4.99. The molecule has 0 bridgehead atoms. The molecule has 1 N–H and O–H groups in total. The van der Waals surface area contributed by atoms with Gasteiger partial charge in [0.05, 0.1) is 39.1 Å². The van der Waals surface area contributed by atoms with Crippen molar-refractivity contribution in [1.82, 2.24) is 0 Å². The maximum Gasteiger partial charge on any atom is 0.303 e. The predicted octanol–water partition coefficient (Wildman–Crippen LogP) is 0.936. The van der Waals surface area contributed by atoms with Crippen molar-refractivity contribution < 1.29 is 28.8 Å². The van der Waals surface area contributed by atoms with Crippen LogP contribution >= 0.6 is 0 Å². The molecule has 0 aliphatic heterocycles. The van der Waals surface area contributed by atoms with Gasteiger partial charge in [-0.15, -0.1) is 0 Å². The molecule has 1 atom stereocenters. The second-order valence-corrected chi connectivity index (χ2v) is 3.84. The number of hydrogen-bond donors (Lipinski definition) is 1. The highest BCUT2D eigenvalue weighted by Gasteiger charge is 1.98. The molecule has 0 aromatic heterocycles. The molecule has 0 rings (SSSR count). The van der Waals surface area contributed by atoms with E-state index >= 15 is 0 Å². The van der Waals surface area contributed by atoms with Gasteiger partial charge in [-0.3, -0.25) is 4.79 Å². The third-order valence-corrected chi connectivity index (χ3v) is 2.18. The average Bonchev–Trinajstić information content (AvgIpc) is 2.35. The second-order valence-electron chi connectivity index (χ2n) is 3.84. The molecule has 1 unspecified atom stereocenters. The van der Waals surface area contributed by atoms with E-state index in [0.29, 0.717) is 46.1 Å². The van der Waals surface area contributed by atoms with Gasteiger partial charge in [0.2, 0.25) is 0 Å². The molecule has 6 nitrogen and oxygen atoms in total. The van der Waals surface area contributed by atoms with Crippen LogP contribution in [-0.2, 0) is 23.7 Å². The molecule has 0 heterocycles. The first kappa shape index (κ1) is 17.3. The van der Waals surface area contributed by atoms with E-state index in [9.17, 15) is 4.79 Å². The first-order chi connectivity index (χ1) is 8.66. The lowest BCUT2D eigenvalue weighted by atomic mass is 10.3. The van der Waals surface area contributed by atoms with Gasteiger partial charge in [0.25, 0.3) is 0 Å². The SMILES string of the molecule is COC(C)COCCOCCOCCCC(=O)O. The van der Waals surface area contributed by atoms with Crippen LogP contribution in [0.2, 0.25) is 0 Å².